The molecule has 9 heteroatoms. The number of carbonyl (C=O) groups excluding carboxylic acids is 3. The minimum Gasteiger partial charge on any atom is -0.480 e. The van der Waals surface area contributed by atoms with E-state index in [0.29, 0.717) is 0 Å². The van der Waals surface area contributed by atoms with E-state index in [9.17, 15) is 19.2 Å². The second-order valence-corrected chi connectivity index (χ2v) is 3.63. The van der Waals surface area contributed by atoms with Gasteiger partial charge in [-0.05, 0) is 0 Å². The Balaban J connectivity index is 2.64. The highest BCUT2D eigenvalue weighted by atomic mass is 16.4. The number of primary amides is 1. The van der Waals surface area contributed by atoms with Crippen LogP contribution in [0.25, 0.3) is 0 Å². The fourth-order valence-electron chi connectivity index (χ4n) is 1.28. The molecule has 98 valence electrons. The van der Waals surface area contributed by atoms with E-state index in [2.05, 4.69) is 15.8 Å². The van der Waals surface area contributed by atoms with Gasteiger partial charge in [-0.25, -0.2) is 10.2 Å². The predicted molar refractivity (Wildman–Crippen MR) is 58.2 cm³/mol. The number of rotatable bonds is 5. The second-order valence-electron chi connectivity index (χ2n) is 3.63. The Hall–Kier alpha value is -2.45. The molecular formula is C9H12N4O5. The van der Waals surface area contributed by atoms with E-state index < -0.39 is 30.2 Å². The van der Waals surface area contributed by atoms with Crippen LogP contribution in [0.5, 0.6) is 0 Å². The van der Waals surface area contributed by atoms with E-state index in [1.165, 1.54) is 0 Å². The Morgan fingerprint density at radius 1 is 1.44 bits per heavy atom. The van der Waals surface area contributed by atoms with E-state index in [4.69, 9.17) is 10.8 Å². The van der Waals surface area contributed by atoms with E-state index in [1.807, 2.05) is 0 Å². The summed E-state index contributed by atoms with van der Waals surface area (Å²) in [4.78, 5) is 43.8. The SMILES string of the molecule is NC(=O)C[C@@H](NC(=O)C1=NNC(=O)CC1)C(=O)O. The summed E-state index contributed by atoms with van der Waals surface area (Å²) in [5.74, 6) is -3.29. The number of hydrazone groups is 1. The first-order chi connectivity index (χ1) is 8.40. The van der Waals surface area contributed by atoms with Gasteiger partial charge in [-0.3, -0.25) is 14.4 Å². The van der Waals surface area contributed by atoms with Crippen LogP contribution in [0.15, 0.2) is 5.10 Å². The van der Waals surface area contributed by atoms with Gasteiger partial charge in [-0.15, -0.1) is 0 Å². The van der Waals surface area contributed by atoms with Gasteiger partial charge in [0, 0.05) is 12.8 Å². The molecule has 0 aromatic carbocycles. The molecule has 0 bridgehead atoms. The molecule has 1 atom stereocenters. The van der Waals surface area contributed by atoms with Gasteiger partial charge in [0.2, 0.25) is 11.8 Å². The van der Waals surface area contributed by atoms with Crippen molar-refractivity contribution in [2.24, 2.45) is 10.8 Å². The van der Waals surface area contributed by atoms with Crippen molar-refractivity contribution < 1.29 is 24.3 Å². The molecular weight excluding hydrogens is 244 g/mol. The first kappa shape index (κ1) is 13.6. The van der Waals surface area contributed by atoms with Crippen molar-refractivity contribution in [2.75, 3.05) is 0 Å². The van der Waals surface area contributed by atoms with Gasteiger partial charge in [0.15, 0.2) is 0 Å². The molecule has 5 N–H and O–H groups in total. The zero-order valence-corrected chi connectivity index (χ0v) is 9.30. The molecule has 0 aromatic heterocycles. The van der Waals surface area contributed by atoms with Crippen LogP contribution in [-0.2, 0) is 19.2 Å². The molecule has 1 rings (SSSR count). The van der Waals surface area contributed by atoms with Crippen molar-refractivity contribution in [2.45, 2.75) is 25.3 Å². The third-order valence-corrected chi connectivity index (χ3v) is 2.18. The first-order valence-corrected chi connectivity index (χ1v) is 5.07. The largest absolute Gasteiger partial charge is 0.480 e. The molecule has 0 fully saturated rings. The maximum absolute atomic E-state index is 11.6. The van der Waals surface area contributed by atoms with Crippen LogP contribution in [0.1, 0.15) is 19.3 Å². The fourth-order valence-corrected chi connectivity index (χ4v) is 1.28. The molecule has 1 aliphatic rings. The van der Waals surface area contributed by atoms with Crippen LogP contribution in [0, 0.1) is 0 Å². The Labute approximate surface area is 101 Å². The first-order valence-electron chi connectivity index (χ1n) is 5.07. The molecule has 0 aliphatic carbocycles. The van der Waals surface area contributed by atoms with Crippen LogP contribution in [0.3, 0.4) is 0 Å². The maximum atomic E-state index is 11.6. The van der Waals surface area contributed by atoms with Crippen LogP contribution < -0.4 is 16.5 Å². The quantitative estimate of drug-likeness (QED) is 0.436. The van der Waals surface area contributed by atoms with Gasteiger partial charge in [0.1, 0.15) is 11.8 Å². The third-order valence-electron chi connectivity index (χ3n) is 2.18. The lowest BCUT2D eigenvalue weighted by Crippen LogP contribution is -2.47. The number of hydrogen-bond acceptors (Lipinski definition) is 5. The number of nitrogens with two attached hydrogens (primary N) is 1. The summed E-state index contributed by atoms with van der Waals surface area (Å²) >= 11 is 0. The predicted octanol–water partition coefficient (Wildman–Crippen LogP) is -2.30. The molecule has 0 saturated heterocycles. The van der Waals surface area contributed by atoms with Crippen LogP contribution in [-0.4, -0.2) is 40.6 Å². The summed E-state index contributed by atoms with van der Waals surface area (Å²) in [6, 6.07) is -1.41. The van der Waals surface area contributed by atoms with Crippen molar-refractivity contribution in [1.82, 2.24) is 10.7 Å². The Bertz CT molecular complexity index is 431. The highest BCUT2D eigenvalue weighted by Gasteiger charge is 2.25. The number of carboxylic acid groups (broad SMARTS) is 1. The normalized spacial score (nSPS) is 16.2. The number of nitrogens with zero attached hydrogens (tertiary/aromatic N) is 1. The number of aliphatic carboxylic acids is 1. The highest BCUT2D eigenvalue weighted by molar-refractivity contribution is 6.39. The van der Waals surface area contributed by atoms with Gasteiger partial charge < -0.3 is 16.2 Å². The summed E-state index contributed by atoms with van der Waals surface area (Å²) in [6.07, 6.45) is -0.304. The van der Waals surface area contributed by atoms with Crippen molar-refractivity contribution in [3.8, 4) is 0 Å². The molecule has 18 heavy (non-hydrogen) atoms. The molecule has 0 aromatic rings. The van der Waals surface area contributed by atoms with Gasteiger partial charge >= 0.3 is 5.97 Å². The lowest BCUT2D eigenvalue weighted by atomic mass is 10.1. The summed E-state index contributed by atoms with van der Waals surface area (Å²) < 4.78 is 0. The third kappa shape index (κ3) is 3.85. The molecule has 0 spiro atoms. The summed E-state index contributed by atoms with van der Waals surface area (Å²) in [5.41, 5.74) is 6.97. The van der Waals surface area contributed by atoms with E-state index in [-0.39, 0.29) is 24.5 Å². The lowest BCUT2D eigenvalue weighted by Gasteiger charge is -2.15. The Morgan fingerprint density at radius 2 is 2.11 bits per heavy atom. The number of carboxylic acids is 1. The fraction of sp³-hybridized carbons (Fsp3) is 0.444. The Morgan fingerprint density at radius 3 is 2.56 bits per heavy atom. The van der Waals surface area contributed by atoms with Crippen molar-refractivity contribution in [3.05, 3.63) is 0 Å². The van der Waals surface area contributed by atoms with Crippen molar-refractivity contribution in [3.63, 3.8) is 0 Å². The van der Waals surface area contributed by atoms with Gasteiger partial charge in [-0.1, -0.05) is 0 Å². The zero-order chi connectivity index (χ0) is 13.7. The summed E-state index contributed by atoms with van der Waals surface area (Å²) in [7, 11) is 0. The molecule has 3 amide bonds. The number of nitrogens with one attached hydrogen (secondary N) is 2. The minimum atomic E-state index is -1.41. The average Bonchev–Trinajstić information content (AvgIpc) is 2.28. The second kappa shape index (κ2) is 5.75. The van der Waals surface area contributed by atoms with E-state index in [1.54, 1.807) is 0 Å². The lowest BCUT2D eigenvalue weighted by molar-refractivity contribution is -0.142. The zero-order valence-electron chi connectivity index (χ0n) is 9.30. The molecule has 1 aliphatic heterocycles. The van der Waals surface area contributed by atoms with Crippen LogP contribution in [0.4, 0.5) is 0 Å². The van der Waals surface area contributed by atoms with Crippen LogP contribution in [0.2, 0.25) is 0 Å². The van der Waals surface area contributed by atoms with E-state index >= 15 is 0 Å². The van der Waals surface area contributed by atoms with Crippen molar-refractivity contribution in [1.29, 1.82) is 0 Å². The molecule has 0 saturated carbocycles. The van der Waals surface area contributed by atoms with E-state index in [0.717, 1.165) is 0 Å². The minimum absolute atomic E-state index is 0.00493. The monoisotopic (exact) mass is 256 g/mol. The van der Waals surface area contributed by atoms with Crippen molar-refractivity contribution >= 4 is 29.4 Å². The molecule has 0 radical (unpaired) electrons. The molecule has 9 nitrogen and oxygen atoms in total. The number of hydrogen-bond donors (Lipinski definition) is 4. The number of carbonyl (C=O) groups is 4. The van der Waals surface area contributed by atoms with Gasteiger partial charge in [-0.2, -0.15) is 5.10 Å². The van der Waals surface area contributed by atoms with Gasteiger partial charge in [0.05, 0.1) is 6.42 Å². The topological polar surface area (TPSA) is 151 Å². The number of amides is 3. The summed E-state index contributed by atoms with van der Waals surface area (Å²) in [6.45, 7) is 0. The maximum Gasteiger partial charge on any atom is 0.326 e. The molecule has 0 unspecified atom stereocenters. The summed E-state index contributed by atoms with van der Waals surface area (Å²) in [5, 5.41) is 14.4. The smallest absolute Gasteiger partial charge is 0.326 e. The van der Waals surface area contributed by atoms with Crippen LogP contribution >= 0.6 is 0 Å². The standard InChI is InChI=1S/C9H12N4O5/c10-6(14)3-5(9(17)18)11-8(16)4-1-2-7(15)13-12-4/h5H,1-3H2,(H2,10,14)(H,11,16)(H,13,15)(H,17,18)/t5-/m1/s1. The van der Waals surface area contributed by atoms with Gasteiger partial charge in [0.25, 0.3) is 5.91 Å². The highest BCUT2D eigenvalue weighted by Crippen LogP contribution is 2.01. The average molecular weight is 256 g/mol. The molecule has 1 heterocycles. The Kier molecular flexibility index (Phi) is 4.35.